The largest absolute Gasteiger partial charge is 0.372 e. The summed E-state index contributed by atoms with van der Waals surface area (Å²) in [7, 11) is 0. The predicted octanol–water partition coefficient (Wildman–Crippen LogP) is 1.62. The summed E-state index contributed by atoms with van der Waals surface area (Å²) in [4.78, 5) is 18.0. The number of hydrogen-bond acceptors (Lipinski definition) is 7. The number of morpholine rings is 1. The molecule has 1 aromatic rings. The molecule has 0 aromatic carbocycles. The van der Waals surface area contributed by atoms with Crippen LogP contribution >= 0.6 is 11.6 Å². The van der Waals surface area contributed by atoms with Crippen molar-refractivity contribution in [1.29, 1.82) is 0 Å². The molecule has 1 saturated carbocycles. The number of hydrazine groups is 1. The van der Waals surface area contributed by atoms with Crippen LogP contribution in [0.25, 0.3) is 0 Å². The quantitative estimate of drug-likeness (QED) is 0.515. The number of ether oxygens (including phenoxy) is 1. The molecule has 8 nitrogen and oxygen atoms in total. The molecule has 0 bridgehead atoms. The second kappa shape index (κ2) is 5.12. The summed E-state index contributed by atoms with van der Waals surface area (Å²) < 4.78 is 5.80. The summed E-state index contributed by atoms with van der Waals surface area (Å²) in [5.41, 5.74) is 2.68. The Kier molecular flexibility index (Phi) is 3.45. The molecule has 2 fully saturated rings. The molecule has 1 aliphatic carbocycles. The molecule has 2 aliphatic rings. The van der Waals surface area contributed by atoms with E-state index in [1.54, 1.807) is 0 Å². The van der Waals surface area contributed by atoms with Crippen LogP contribution in [-0.4, -0.2) is 45.2 Å². The number of nitro groups is 1. The van der Waals surface area contributed by atoms with Gasteiger partial charge in [-0.1, -0.05) is 0 Å². The summed E-state index contributed by atoms with van der Waals surface area (Å²) in [6.45, 7) is 1.92. The Bertz CT molecular complexity index is 537. The molecule has 108 valence electrons. The fourth-order valence-corrected chi connectivity index (χ4v) is 2.67. The molecule has 0 atom stereocenters. The van der Waals surface area contributed by atoms with Crippen molar-refractivity contribution >= 4 is 23.1 Å². The van der Waals surface area contributed by atoms with Gasteiger partial charge in [-0.15, -0.1) is 0 Å². The Morgan fingerprint density at radius 1 is 1.55 bits per heavy atom. The third-order valence-electron chi connectivity index (χ3n) is 3.71. The van der Waals surface area contributed by atoms with Gasteiger partial charge in [0.05, 0.1) is 17.1 Å². The Balaban J connectivity index is 1.76. The molecule has 0 unspecified atom stereocenters. The predicted molar refractivity (Wildman–Crippen MR) is 71.4 cm³/mol. The van der Waals surface area contributed by atoms with E-state index in [1.807, 2.05) is 5.01 Å². The Labute approximate surface area is 120 Å². The molecule has 1 N–H and O–H groups in total. The molecule has 9 heteroatoms. The van der Waals surface area contributed by atoms with Crippen molar-refractivity contribution in [3.05, 3.63) is 21.6 Å². The third-order valence-corrected chi connectivity index (χ3v) is 3.90. The number of hydrogen-bond donors (Lipinski definition) is 1. The molecule has 1 saturated heterocycles. The molecular weight excluding hydrogens is 286 g/mol. The first kappa shape index (κ1) is 13.5. The standard InChI is InChI=1S/C11H14ClN5O3/c12-10-13-6-8(17(18)19)9(14-10)15-16-4-5-20-11(7-16)2-1-3-11/h6H,1-5,7H2,(H,13,14,15). The molecule has 1 aliphatic heterocycles. The maximum absolute atomic E-state index is 11.0. The summed E-state index contributed by atoms with van der Waals surface area (Å²) in [5, 5.41) is 12.8. The average molecular weight is 300 g/mol. The van der Waals surface area contributed by atoms with E-state index < -0.39 is 4.92 Å². The van der Waals surface area contributed by atoms with E-state index in [1.165, 1.54) is 0 Å². The second-order valence-corrected chi connectivity index (χ2v) is 5.39. The molecule has 1 aromatic heterocycles. The first-order chi connectivity index (χ1) is 9.58. The molecule has 1 spiro atoms. The topological polar surface area (TPSA) is 93.4 Å². The maximum atomic E-state index is 11.0. The van der Waals surface area contributed by atoms with Crippen molar-refractivity contribution in [3.8, 4) is 0 Å². The van der Waals surface area contributed by atoms with Gasteiger partial charge in [-0.25, -0.2) is 9.99 Å². The van der Waals surface area contributed by atoms with E-state index >= 15 is 0 Å². The Morgan fingerprint density at radius 2 is 2.35 bits per heavy atom. The van der Waals surface area contributed by atoms with Crippen molar-refractivity contribution in [1.82, 2.24) is 15.0 Å². The van der Waals surface area contributed by atoms with E-state index in [0.29, 0.717) is 19.7 Å². The number of nitrogens with one attached hydrogen (secondary N) is 1. The lowest BCUT2D eigenvalue weighted by Crippen LogP contribution is -2.57. The van der Waals surface area contributed by atoms with Crippen molar-refractivity contribution in [2.45, 2.75) is 24.9 Å². The smallest absolute Gasteiger partial charge is 0.330 e. The van der Waals surface area contributed by atoms with Crippen LogP contribution in [0.5, 0.6) is 0 Å². The van der Waals surface area contributed by atoms with E-state index in [2.05, 4.69) is 15.4 Å². The van der Waals surface area contributed by atoms with E-state index in [0.717, 1.165) is 25.5 Å². The number of rotatable bonds is 3. The lowest BCUT2D eigenvalue weighted by molar-refractivity contribution is -0.384. The molecule has 2 heterocycles. The third kappa shape index (κ3) is 2.54. The fraction of sp³-hybridized carbons (Fsp3) is 0.636. The zero-order valence-electron chi connectivity index (χ0n) is 10.7. The average Bonchev–Trinajstić information content (AvgIpc) is 2.37. The zero-order valence-corrected chi connectivity index (χ0v) is 11.5. The number of anilines is 1. The van der Waals surface area contributed by atoms with Gasteiger partial charge in [0.15, 0.2) is 0 Å². The van der Waals surface area contributed by atoms with Gasteiger partial charge < -0.3 is 4.74 Å². The summed E-state index contributed by atoms with van der Waals surface area (Å²) in [5.74, 6) is 0.117. The minimum absolute atomic E-state index is 0.0234. The SMILES string of the molecule is O=[N+]([O-])c1cnc(Cl)nc1NN1CCOC2(CCC2)C1. The maximum Gasteiger partial charge on any atom is 0.330 e. The van der Waals surface area contributed by atoms with Crippen LogP contribution in [-0.2, 0) is 4.74 Å². The van der Waals surface area contributed by atoms with Gasteiger partial charge in [-0.2, -0.15) is 4.98 Å². The van der Waals surface area contributed by atoms with Gasteiger partial charge in [0, 0.05) is 13.1 Å². The second-order valence-electron chi connectivity index (χ2n) is 5.05. The van der Waals surface area contributed by atoms with Crippen molar-refractivity contribution in [3.63, 3.8) is 0 Å². The normalized spacial score (nSPS) is 21.4. The minimum atomic E-state index is -0.530. The van der Waals surface area contributed by atoms with Crippen LogP contribution in [0, 0.1) is 10.1 Å². The lowest BCUT2D eigenvalue weighted by Gasteiger charge is -2.48. The molecule has 0 radical (unpaired) electrons. The van der Waals surface area contributed by atoms with Crippen LogP contribution in [0.3, 0.4) is 0 Å². The lowest BCUT2D eigenvalue weighted by atomic mass is 9.79. The zero-order chi connectivity index (χ0) is 14.2. The highest BCUT2D eigenvalue weighted by Crippen LogP contribution is 2.38. The van der Waals surface area contributed by atoms with Crippen LogP contribution in [0.4, 0.5) is 11.5 Å². The van der Waals surface area contributed by atoms with Gasteiger partial charge in [-0.05, 0) is 30.9 Å². The van der Waals surface area contributed by atoms with Crippen molar-refractivity contribution < 1.29 is 9.66 Å². The van der Waals surface area contributed by atoms with Crippen LogP contribution in [0.15, 0.2) is 6.20 Å². The highest BCUT2D eigenvalue weighted by atomic mass is 35.5. The molecular formula is C11H14ClN5O3. The Hall–Kier alpha value is -1.51. The summed E-state index contributed by atoms with van der Waals surface area (Å²) in [6.07, 6.45) is 4.32. The van der Waals surface area contributed by atoms with Gasteiger partial charge in [0.25, 0.3) is 0 Å². The van der Waals surface area contributed by atoms with Crippen LogP contribution < -0.4 is 5.43 Å². The molecule has 3 rings (SSSR count). The number of nitrogens with zero attached hydrogens (tertiary/aromatic N) is 4. The highest BCUT2D eigenvalue weighted by molar-refractivity contribution is 6.28. The van der Waals surface area contributed by atoms with E-state index in [9.17, 15) is 10.1 Å². The Morgan fingerprint density at radius 3 is 3.00 bits per heavy atom. The van der Waals surface area contributed by atoms with Crippen molar-refractivity contribution in [2.75, 3.05) is 25.1 Å². The van der Waals surface area contributed by atoms with Gasteiger partial charge in [-0.3, -0.25) is 15.5 Å². The van der Waals surface area contributed by atoms with Gasteiger partial charge >= 0.3 is 5.69 Å². The first-order valence-corrected chi connectivity index (χ1v) is 6.78. The van der Waals surface area contributed by atoms with E-state index in [4.69, 9.17) is 16.3 Å². The molecule has 0 amide bonds. The van der Waals surface area contributed by atoms with Crippen molar-refractivity contribution in [2.24, 2.45) is 0 Å². The van der Waals surface area contributed by atoms with E-state index in [-0.39, 0.29) is 22.4 Å². The monoisotopic (exact) mass is 299 g/mol. The number of aromatic nitrogens is 2. The molecule has 20 heavy (non-hydrogen) atoms. The van der Waals surface area contributed by atoms with Crippen LogP contribution in [0.1, 0.15) is 19.3 Å². The summed E-state index contributed by atoms with van der Waals surface area (Å²) in [6, 6.07) is 0. The first-order valence-electron chi connectivity index (χ1n) is 6.40. The van der Waals surface area contributed by atoms with Gasteiger partial charge in [0.1, 0.15) is 6.20 Å². The van der Waals surface area contributed by atoms with Crippen LogP contribution in [0.2, 0.25) is 5.28 Å². The van der Waals surface area contributed by atoms with Gasteiger partial charge in [0.2, 0.25) is 11.1 Å². The summed E-state index contributed by atoms with van der Waals surface area (Å²) >= 11 is 5.71. The number of halogens is 1. The minimum Gasteiger partial charge on any atom is -0.372 e. The highest BCUT2D eigenvalue weighted by Gasteiger charge is 2.42. The fourth-order valence-electron chi connectivity index (χ4n) is 2.53.